The number of aryl methyl sites for hydroxylation is 1. The second-order valence-electron chi connectivity index (χ2n) is 5.72. The normalized spacial score (nSPS) is 17.3. The van der Waals surface area contributed by atoms with Crippen molar-refractivity contribution in [2.75, 3.05) is 24.2 Å². The maximum atomic E-state index is 11.3. The molecule has 2 aromatic rings. The van der Waals surface area contributed by atoms with Crippen molar-refractivity contribution >= 4 is 48.3 Å². The summed E-state index contributed by atoms with van der Waals surface area (Å²) in [5.74, 6) is 0. The molecule has 1 saturated heterocycles. The predicted molar refractivity (Wildman–Crippen MR) is 92.6 cm³/mol. The molecule has 1 N–H and O–H groups in total. The third kappa shape index (κ3) is 3.53. The lowest BCUT2D eigenvalue weighted by molar-refractivity contribution is 0.461. The fourth-order valence-corrected chi connectivity index (χ4v) is 5.08. The summed E-state index contributed by atoms with van der Waals surface area (Å²) in [7, 11) is -3.13. The molecule has 8 heteroatoms. The van der Waals surface area contributed by atoms with E-state index < -0.39 is 10.0 Å². The molecule has 0 radical (unpaired) electrons. The van der Waals surface area contributed by atoms with Crippen LogP contribution in [0.3, 0.4) is 0 Å². The van der Waals surface area contributed by atoms with Crippen molar-refractivity contribution in [3.8, 4) is 0 Å². The third-order valence-electron chi connectivity index (χ3n) is 3.79. The number of halogens is 1. The van der Waals surface area contributed by atoms with Crippen molar-refractivity contribution in [3.05, 3.63) is 22.7 Å². The predicted octanol–water partition coefficient (Wildman–Crippen LogP) is 2.78. The quantitative estimate of drug-likeness (QED) is 0.915. The molecule has 22 heavy (non-hydrogen) atoms. The standard InChI is InChI=1S/C14H18ClN3O2S2/c1-9-7-10(15)8-12-13(9)16-14(21-12)18-5-3-11(4-6-18)17-22(2,19)20/h7-8,11,17H,3-6H2,1-2H3. The zero-order valence-corrected chi connectivity index (χ0v) is 14.9. The summed E-state index contributed by atoms with van der Waals surface area (Å²) in [5, 5.41) is 1.72. The second-order valence-corrected chi connectivity index (χ2v) is 8.94. The summed E-state index contributed by atoms with van der Waals surface area (Å²) in [5.41, 5.74) is 2.08. The summed E-state index contributed by atoms with van der Waals surface area (Å²) in [6.45, 7) is 3.62. The number of piperidine rings is 1. The van der Waals surface area contributed by atoms with Gasteiger partial charge in [0.1, 0.15) is 0 Å². The Morgan fingerprint density at radius 2 is 2.05 bits per heavy atom. The molecule has 120 valence electrons. The van der Waals surface area contributed by atoms with Crippen LogP contribution in [0.5, 0.6) is 0 Å². The van der Waals surface area contributed by atoms with Gasteiger partial charge in [-0.15, -0.1) is 0 Å². The van der Waals surface area contributed by atoms with Crippen molar-refractivity contribution < 1.29 is 8.42 Å². The van der Waals surface area contributed by atoms with Gasteiger partial charge in [-0.3, -0.25) is 0 Å². The Balaban J connectivity index is 1.75. The van der Waals surface area contributed by atoms with Crippen molar-refractivity contribution in [3.63, 3.8) is 0 Å². The number of nitrogens with zero attached hydrogens (tertiary/aromatic N) is 2. The Labute approximate surface area is 139 Å². The van der Waals surface area contributed by atoms with Gasteiger partial charge in [-0.2, -0.15) is 0 Å². The van der Waals surface area contributed by atoms with Crippen LogP contribution in [0.1, 0.15) is 18.4 Å². The maximum absolute atomic E-state index is 11.3. The van der Waals surface area contributed by atoms with Crippen LogP contribution in [0.25, 0.3) is 10.2 Å². The first-order valence-electron chi connectivity index (χ1n) is 7.11. The van der Waals surface area contributed by atoms with Crippen molar-refractivity contribution in [2.45, 2.75) is 25.8 Å². The topological polar surface area (TPSA) is 62.3 Å². The Kier molecular flexibility index (Phi) is 4.33. The Morgan fingerprint density at radius 1 is 1.36 bits per heavy atom. The van der Waals surface area contributed by atoms with E-state index in [1.807, 2.05) is 19.1 Å². The van der Waals surface area contributed by atoms with E-state index in [1.165, 1.54) is 6.26 Å². The number of fused-ring (bicyclic) bond motifs is 1. The average molecular weight is 360 g/mol. The first kappa shape index (κ1) is 16.0. The number of rotatable bonds is 3. The number of anilines is 1. The van der Waals surface area contributed by atoms with E-state index in [4.69, 9.17) is 16.6 Å². The van der Waals surface area contributed by atoms with Crippen LogP contribution in [0.15, 0.2) is 12.1 Å². The van der Waals surface area contributed by atoms with E-state index in [0.29, 0.717) is 0 Å². The fourth-order valence-electron chi connectivity index (χ4n) is 2.77. The first-order chi connectivity index (χ1) is 10.3. The molecule has 5 nitrogen and oxygen atoms in total. The summed E-state index contributed by atoms with van der Waals surface area (Å²) in [4.78, 5) is 6.94. The van der Waals surface area contributed by atoms with E-state index in [0.717, 1.165) is 51.9 Å². The number of hydrogen-bond donors (Lipinski definition) is 1. The van der Waals surface area contributed by atoms with Gasteiger partial charge >= 0.3 is 0 Å². The minimum atomic E-state index is -3.13. The number of nitrogens with one attached hydrogen (secondary N) is 1. The number of aromatic nitrogens is 1. The van der Waals surface area contributed by atoms with Crippen molar-refractivity contribution in [1.82, 2.24) is 9.71 Å². The van der Waals surface area contributed by atoms with Crippen molar-refractivity contribution in [2.24, 2.45) is 0 Å². The second kappa shape index (κ2) is 5.96. The number of sulfonamides is 1. The molecule has 0 spiro atoms. The lowest BCUT2D eigenvalue weighted by Crippen LogP contribution is -2.44. The average Bonchev–Trinajstić information content (AvgIpc) is 2.81. The first-order valence-corrected chi connectivity index (χ1v) is 10.2. The Hall–Kier alpha value is -0.890. The minimum Gasteiger partial charge on any atom is -0.348 e. The monoisotopic (exact) mass is 359 g/mol. The van der Waals surface area contributed by atoms with Crippen LogP contribution in [0.2, 0.25) is 5.02 Å². The largest absolute Gasteiger partial charge is 0.348 e. The summed E-state index contributed by atoms with van der Waals surface area (Å²) in [6, 6.07) is 3.90. The molecule has 1 aromatic carbocycles. The van der Waals surface area contributed by atoms with E-state index in [-0.39, 0.29) is 6.04 Å². The summed E-state index contributed by atoms with van der Waals surface area (Å²) < 4.78 is 26.4. The molecule has 0 saturated carbocycles. The number of thiazole rings is 1. The molecule has 0 aliphatic carbocycles. The molecule has 0 unspecified atom stereocenters. The summed E-state index contributed by atoms with van der Waals surface area (Å²) in [6.07, 6.45) is 2.80. The highest BCUT2D eigenvalue weighted by Gasteiger charge is 2.23. The van der Waals surface area contributed by atoms with Gasteiger partial charge in [0.25, 0.3) is 0 Å². The molecular weight excluding hydrogens is 342 g/mol. The van der Waals surface area contributed by atoms with Gasteiger partial charge in [0.05, 0.1) is 16.5 Å². The molecule has 2 heterocycles. The zero-order valence-electron chi connectivity index (χ0n) is 12.5. The number of hydrogen-bond acceptors (Lipinski definition) is 5. The summed E-state index contributed by atoms with van der Waals surface area (Å²) >= 11 is 7.74. The van der Waals surface area contributed by atoms with E-state index in [1.54, 1.807) is 11.3 Å². The van der Waals surface area contributed by atoms with Crippen LogP contribution < -0.4 is 9.62 Å². The molecule has 1 aromatic heterocycles. The molecule has 0 amide bonds. The van der Waals surface area contributed by atoms with Crippen LogP contribution >= 0.6 is 22.9 Å². The fraction of sp³-hybridized carbons (Fsp3) is 0.500. The number of benzene rings is 1. The molecular formula is C14H18ClN3O2S2. The van der Waals surface area contributed by atoms with E-state index >= 15 is 0 Å². The van der Waals surface area contributed by atoms with Crippen molar-refractivity contribution in [1.29, 1.82) is 0 Å². The molecule has 0 bridgehead atoms. The highest BCUT2D eigenvalue weighted by atomic mass is 35.5. The smallest absolute Gasteiger partial charge is 0.208 e. The van der Waals surface area contributed by atoms with Gasteiger partial charge in [0.15, 0.2) is 5.13 Å². The van der Waals surface area contributed by atoms with Crippen LogP contribution in [0.4, 0.5) is 5.13 Å². The molecule has 1 aliphatic rings. The minimum absolute atomic E-state index is 0.0248. The van der Waals surface area contributed by atoms with Gasteiger partial charge in [-0.25, -0.2) is 18.1 Å². The van der Waals surface area contributed by atoms with E-state index in [2.05, 4.69) is 9.62 Å². The van der Waals surface area contributed by atoms with E-state index in [9.17, 15) is 8.42 Å². The molecule has 1 fully saturated rings. The molecule has 0 atom stereocenters. The van der Waals surface area contributed by atoms with Gasteiger partial charge < -0.3 is 4.90 Å². The zero-order chi connectivity index (χ0) is 15.9. The van der Waals surface area contributed by atoms with Crippen LogP contribution in [0, 0.1) is 6.92 Å². The Morgan fingerprint density at radius 3 is 2.68 bits per heavy atom. The third-order valence-corrected chi connectivity index (χ3v) is 5.83. The Bertz CT molecular complexity index is 796. The van der Waals surface area contributed by atoms with Crippen LogP contribution in [-0.4, -0.2) is 38.8 Å². The van der Waals surface area contributed by atoms with Gasteiger partial charge in [-0.05, 0) is 37.5 Å². The highest BCUT2D eigenvalue weighted by Crippen LogP contribution is 2.34. The van der Waals surface area contributed by atoms with Gasteiger partial charge in [-0.1, -0.05) is 22.9 Å². The lowest BCUT2D eigenvalue weighted by atomic mass is 10.1. The van der Waals surface area contributed by atoms with Crippen LogP contribution in [-0.2, 0) is 10.0 Å². The van der Waals surface area contributed by atoms with Gasteiger partial charge in [0, 0.05) is 24.2 Å². The maximum Gasteiger partial charge on any atom is 0.208 e. The molecule has 3 rings (SSSR count). The lowest BCUT2D eigenvalue weighted by Gasteiger charge is -2.31. The highest BCUT2D eigenvalue weighted by molar-refractivity contribution is 7.88. The molecule has 1 aliphatic heterocycles. The van der Waals surface area contributed by atoms with Gasteiger partial charge in [0.2, 0.25) is 10.0 Å². The SMILES string of the molecule is Cc1cc(Cl)cc2sc(N3CCC(NS(C)(=O)=O)CC3)nc12.